The predicted octanol–water partition coefficient (Wildman–Crippen LogP) is 4.67. The van der Waals surface area contributed by atoms with E-state index >= 15 is 0 Å². The number of benzene rings is 1. The van der Waals surface area contributed by atoms with Crippen molar-refractivity contribution in [2.24, 2.45) is 5.92 Å². The Balaban J connectivity index is 1.52. The van der Waals surface area contributed by atoms with Crippen LogP contribution in [0, 0.1) is 5.92 Å². The number of pyridine rings is 1. The summed E-state index contributed by atoms with van der Waals surface area (Å²) in [6, 6.07) is 9.68. The van der Waals surface area contributed by atoms with Gasteiger partial charge in [-0.05, 0) is 60.6 Å². The Morgan fingerprint density at radius 3 is 2.65 bits per heavy atom. The molecule has 3 heterocycles. The molecule has 4 rings (SSSR count). The van der Waals surface area contributed by atoms with Gasteiger partial charge in [-0.15, -0.1) is 0 Å². The molecule has 2 aromatic rings. The molecule has 0 spiro atoms. The van der Waals surface area contributed by atoms with Crippen molar-refractivity contribution in [3.63, 3.8) is 0 Å². The number of fused-ring (bicyclic) bond motifs is 1. The SMILES string of the molecule is CC(C)CC1CN(C(=O)O)CCc2cc(Oc3ccc(N4CCCC4=O)nc3)ccc21. The fourth-order valence-corrected chi connectivity index (χ4v) is 4.53. The zero-order valence-corrected chi connectivity index (χ0v) is 18.1. The van der Waals surface area contributed by atoms with E-state index in [4.69, 9.17) is 4.74 Å². The molecule has 1 aromatic carbocycles. The number of rotatable bonds is 5. The van der Waals surface area contributed by atoms with Crippen LogP contribution in [0.1, 0.15) is 50.2 Å². The van der Waals surface area contributed by atoms with Crippen LogP contribution in [-0.4, -0.2) is 46.6 Å². The molecule has 1 aromatic heterocycles. The molecule has 2 aliphatic heterocycles. The molecule has 1 fully saturated rings. The van der Waals surface area contributed by atoms with Gasteiger partial charge in [-0.1, -0.05) is 19.9 Å². The molecule has 2 amide bonds. The first-order valence-corrected chi connectivity index (χ1v) is 11.0. The zero-order valence-electron chi connectivity index (χ0n) is 18.1. The third kappa shape index (κ3) is 4.81. The van der Waals surface area contributed by atoms with Gasteiger partial charge in [0.15, 0.2) is 0 Å². The first kappa shape index (κ1) is 21.2. The molecule has 1 N–H and O–H groups in total. The van der Waals surface area contributed by atoms with Crippen LogP contribution in [0.25, 0.3) is 0 Å². The topological polar surface area (TPSA) is 83.0 Å². The summed E-state index contributed by atoms with van der Waals surface area (Å²) < 4.78 is 6.02. The van der Waals surface area contributed by atoms with Crippen LogP contribution >= 0.6 is 0 Å². The van der Waals surface area contributed by atoms with E-state index in [0.29, 0.717) is 55.7 Å². The van der Waals surface area contributed by atoms with Crippen molar-refractivity contribution in [3.05, 3.63) is 47.7 Å². The monoisotopic (exact) mass is 423 g/mol. The first-order chi connectivity index (χ1) is 14.9. The van der Waals surface area contributed by atoms with Gasteiger partial charge in [0, 0.05) is 32.0 Å². The van der Waals surface area contributed by atoms with Gasteiger partial charge >= 0.3 is 6.09 Å². The van der Waals surface area contributed by atoms with Crippen LogP contribution in [0.3, 0.4) is 0 Å². The summed E-state index contributed by atoms with van der Waals surface area (Å²) in [6.07, 6.45) is 3.83. The van der Waals surface area contributed by atoms with Crippen LogP contribution < -0.4 is 9.64 Å². The number of anilines is 1. The van der Waals surface area contributed by atoms with Crippen molar-refractivity contribution in [1.82, 2.24) is 9.88 Å². The minimum Gasteiger partial charge on any atom is -0.465 e. The molecule has 1 unspecified atom stereocenters. The Morgan fingerprint density at radius 2 is 2.00 bits per heavy atom. The van der Waals surface area contributed by atoms with Gasteiger partial charge < -0.3 is 14.7 Å². The first-order valence-electron chi connectivity index (χ1n) is 11.0. The second kappa shape index (κ2) is 8.96. The maximum absolute atomic E-state index is 11.9. The Morgan fingerprint density at radius 1 is 1.19 bits per heavy atom. The fraction of sp³-hybridized carbons (Fsp3) is 0.458. The highest BCUT2D eigenvalue weighted by Crippen LogP contribution is 2.34. The molecule has 0 bridgehead atoms. The van der Waals surface area contributed by atoms with E-state index in [2.05, 4.69) is 24.9 Å². The largest absolute Gasteiger partial charge is 0.465 e. The van der Waals surface area contributed by atoms with E-state index in [9.17, 15) is 14.7 Å². The molecule has 2 aliphatic rings. The third-order valence-electron chi connectivity index (χ3n) is 5.98. The van der Waals surface area contributed by atoms with Gasteiger partial charge in [-0.3, -0.25) is 9.69 Å². The molecule has 0 aliphatic carbocycles. The highest BCUT2D eigenvalue weighted by molar-refractivity contribution is 5.94. The maximum Gasteiger partial charge on any atom is 0.407 e. The second-order valence-electron chi connectivity index (χ2n) is 8.77. The standard InChI is InChI=1S/C24H29N3O4/c1-16(2)12-18-15-26(24(29)30)11-9-17-13-19(5-7-21(17)18)31-20-6-8-22(25-14-20)27-10-3-4-23(27)28/h5-8,13-14,16,18H,3-4,9-12,15H2,1-2H3,(H,29,30). The van der Waals surface area contributed by atoms with E-state index in [0.717, 1.165) is 18.4 Å². The minimum absolute atomic E-state index is 0.110. The summed E-state index contributed by atoms with van der Waals surface area (Å²) in [4.78, 5) is 31.1. The van der Waals surface area contributed by atoms with Gasteiger partial charge in [0.25, 0.3) is 0 Å². The lowest BCUT2D eigenvalue weighted by Crippen LogP contribution is -2.33. The molecule has 1 atom stereocenters. The maximum atomic E-state index is 11.9. The van der Waals surface area contributed by atoms with Crippen molar-refractivity contribution < 1.29 is 19.4 Å². The molecular formula is C24H29N3O4. The average molecular weight is 424 g/mol. The number of ether oxygens (including phenoxy) is 1. The lowest BCUT2D eigenvalue weighted by atomic mass is 9.87. The van der Waals surface area contributed by atoms with Gasteiger partial charge in [0.05, 0.1) is 6.20 Å². The van der Waals surface area contributed by atoms with Crippen LogP contribution in [0.5, 0.6) is 11.5 Å². The number of hydrogen-bond donors (Lipinski definition) is 1. The van der Waals surface area contributed by atoms with Crippen LogP contribution in [0.15, 0.2) is 36.5 Å². The summed E-state index contributed by atoms with van der Waals surface area (Å²) in [6.45, 7) is 6.06. The molecule has 0 saturated carbocycles. The number of amides is 2. The van der Waals surface area contributed by atoms with Crippen LogP contribution in [-0.2, 0) is 11.2 Å². The molecule has 7 nitrogen and oxygen atoms in total. The summed E-state index contributed by atoms with van der Waals surface area (Å²) in [5.74, 6) is 2.74. The molecule has 1 saturated heterocycles. The number of carbonyl (C=O) groups is 2. The smallest absolute Gasteiger partial charge is 0.407 e. The quantitative estimate of drug-likeness (QED) is 0.756. The van der Waals surface area contributed by atoms with E-state index in [1.54, 1.807) is 11.1 Å². The Labute approximate surface area is 182 Å². The third-order valence-corrected chi connectivity index (χ3v) is 5.98. The van der Waals surface area contributed by atoms with Crippen molar-refractivity contribution in [2.45, 2.75) is 45.4 Å². The summed E-state index contributed by atoms with van der Waals surface area (Å²) in [5, 5.41) is 9.53. The van der Waals surface area contributed by atoms with Crippen molar-refractivity contribution in [2.75, 3.05) is 24.5 Å². The van der Waals surface area contributed by atoms with Crippen molar-refractivity contribution in [1.29, 1.82) is 0 Å². The minimum atomic E-state index is -0.860. The number of carbonyl (C=O) groups excluding carboxylic acids is 1. The lowest BCUT2D eigenvalue weighted by molar-refractivity contribution is -0.117. The lowest BCUT2D eigenvalue weighted by Gasteiger charge is -2.24. The molecular weight excluding hydrogens is 394 g/mol. The van der Waals surface area contributed by atoms with Crippen LogP contribution in [0.4, 0.5) is 10.6 Å². The molecule has 164 valence electrons. The summed E-state index contributed by atoms with van der Waals surface area (Å²) >= 11 is 0. The van der Waals surface area contributed by atoms with Gasteiger partial charge in [0.2, 0.25) is 5.91 Å². The average Bonchev–Trinajstić information content (AvgIpc) is 3.07. The van der Waals surface area contributed by atoms with Gasteiger partial charge in [0.1, 0.15) is 17.3 Å². The molecule has 7 heteroatoms. The number of nitrogens with zero attached hydrogens (tertiary/aromatic N) is 3. The second-order valence-corrected chi connectivity index (χ2v) is 8.77. The summed E-state index contributed by atoms with van der Waals surface area (Å²) in [7, 11) is 0. The molecule has 0 radical (unpaired) electrons. The van der Waals surface area contributed by atoms with E-state index in [1.807, 2.05) is 24.3 Å². The van der Waals surface area contributed by atoms with E-state index < -0.39 is 6.09 Å². The van der Waals surface area contributed by atoms with Gasteiger partial charge in [-0.2, -0.15) is 0 Å². The van der Waals surface area contributed by atoms with Gasteiger partial charge in [-0.25, -0.2) is 9.78 Å². The van der Waals surface area contributed by atoms with Crippen LogP contribution in [0.2, 0.25) is 0 Å². The number of hydrogen-bond acceptors (Lipinski definition) is 4. The number of aromatic nitrogens is 1. The van der Waals surface area contributed by atoms with E-state index in [-0.39, 0.29) is 11.8 Å². The molecule has 31 heavy (non-hydrogen) atoms. The van der Waals surface area contributed by atoms with Crippen molar-refractivity contribution >= 4 is 17.8 Å². The normalized spacial score (nSPS) is 18.8. The van der Waals surface area contributed by atoms with E-state index in [1.165, 1.54) is 10.5 Å². The Hall–Kier alpha value is -3.09. The summed E-state index contributed by atoms with van der Waals surface area (Å²) in [5.41, 5.74) is 2.35. The van der Waals surface area contributed by atoms with Crippen molar-refractivity contribution in [3.8, 4) is 11.5 Å². The fourth-order valence-electron chi connectivity index (χ4n) is 4.53. The Bertz CT molecular complexity index is 958. The highest BCUT2D eigenvalue weighted by atomic mass is 16.5. The highest BCUT2D eigenvalue weighted by Gasteiger charge is 2.27. The predicted molar refractivity (Wildman–Crippen MR) is 118 cm³/mol. The Kier molecular flexibility index (Phi) is 6.11. The number of carboxylic acid groups (broad SMARTS) is 1. The zero-order chi connectivity index (χ0) is 22.0.